The molecule has 0 saturated carbocycles. The van der Waals surface area contributed by atoms with Crippen LogP contribution in [0.15, 0.2) is 58.6 Å². The fourth-order valence-electron chi connectivity index (χ4n) is 3.07. The molecule has 0 aliphatic heterocycles. The molecule has 1 aromatic heterocycles. The predicted octanol–water partition coefficient (Wildman–Crippen LogP) is 4.01. The molecule has 0 bridgehead atoms. The van der Waals surface area contributed by atoms with E-state index in [-0.39, 0.29) is 36.9 Å². The number of amidine groups is 2. The van der Waals surface area contributed by atoms with Gasteiger partial charge in [-0.1, -0.05) is 5.21 Å². The zero-order valence-corrected chi connectivity index (χ0v) is 21.0. The van der Waals surface area contributed by atoms with Crippen LogP contribution in [0.1, 0.15) is 38.8 Å². The van der Waals surface area contributed by atoms with E-state index in [0.29, 0.717) is 23.1 Å². The number of hydrogen-bond acceptors (Lipinski definition) is 5. The van der Waals surface area contributed by atoms with Crippen molar-refractivity contribution in [3.05, 3.63) is 59.8 Å². The number of rotatable bonds is 7. The number of aliphatic imine (C=N–C) groups is 2. The zero-order chi connectivity index (χ0) is 22.5. The smallest absolute Gasteiger partial charge is 0.128 e. The molecule has 3 rings (SSSR count). The van der Waals surface area contributed by atoms with E-state index in [1.54, 1.807) is 11.8 Å². The number of nitrogens with zero attached hydrogens (tertiary/aromatic N) is 5. The highest BCUT2D eigenvalue weighted by molar-refractivity contribution is 5.99. The van der Waals surface area contributed by atoms with Gasteiger partial charge in [-0.05, 0) is 70.2 Å². The number of aromatic nitrogens is 3. The molecular weight excluding hydrogens is 461 g/mol. The van der Waals surface area contributed by atoms with Crippen LogP contribution in [0.3, 0.4) is 0 Å². The van der Waals surface area contributed by atoms with Gasteiger partial charge < -0.3 is 16.2 Å². The molecule has 8 nitrogen and oxygen atoms in total. The standard InChI is InChI=1S/C23H29N7O.2ClH/c1-14(2)26-22(24)16-6-9-18(10-7-16)30-13-20(28-29-30)19-12-17(8-11-21(19)31-5)23(25)27-15(3)4;;/h6-15H,1-5H3,(H2,24,26)(H2,25,27);2*1H. The molecule has 0 aliphatic carbocycles. The lowest BCUT2D eigenvalue weighted by Gasteiger charge is -2.09. The van der Waals surface area contributed by atoms with Gasteiger partial charge in [0.05, 0.1) is 19.0 Å². The average molecular weight is 492 g/mol. The first kappa shape index (κ1) is 27.9. The number of hydrogen-bond donors (Lipinski definition) is 2. The van der Waals surface area contributed by atoms with Gasteiger partial charge in [-0.2, -0.15) is 0 Å². The maximum absolute atomic E-state index is 6.15. The Hall–Kier alpha value is -3.10. The average Bonchev–Trinajstić information content (AvgIpc) is 3.22. The largest absolute Gasteiger partial charge is 0.496 e. The van der Waals surface area contributed by atoms with Crippen molar-refractivity contribution in [3.8, 4) is 22.7 Å². The van der Waals surface area contributed by atoms with Gasteiger partial charge in [0.1, 0.15) is 23.1 Å². The molecule has 10 heteroatoms. The van der Waals surface area contributed by atoms with Gasteiger partial charge in [-0.25, -0.2) is 4.68 Å². The Bertz CT molecular complexity index is 1110. The van der Waals surface area contributed by atoms with Crippen LogP contribution in [0.25, 0.3) is 16.9 Å². The summed E-state index contributed by atoms with van der Waals surface area (Å²) in [6, 6.07) is 13.6. The second kappa shape index (κ2) is 12.2. The fourth-order valence-corrected chi connectivity index (χ4v) is 3.07. The van der Waals surface area contributed by atoms with E-state index < -0.39 is 0 Å². The van der Waals surface area contributed by atoms with Gasteiger partial charge in [0.25, 0.3) is 0 Å². The van der Waals surface area contributed by atoms with E-state index in [9.17, 15) is 0 Å². The topological polar surface area (TPSA) is 117 Å². The third-order valence-electron chi connectivity index (χ3n) is 4.49. The predicted molar refractivity (Wildman–Crippen MR) is 140 cm³/mol. The van der Waals surface area contributed by atoms with Crippen molar-refractivity contribution in [1.29, 1.82) is 0 Å². The Morgan fingerprint density at radius 2 is 1.42 bits per heavy atom. The molecule has 0 radical (unpaired) electrons. The van der Waals surface area contributed by atoms with Crippen molar-refractivity contribution in [2.75, 3.05) is 7.11 Å². The van der Waals surface area contributed by atoms with E-state index >= 15 is 0 Å². The molecular formula is C23H31Cl2N7O. The number of nitrogens with two attached hydrogens (primary N) is 2. The van der Waals surface area contributed by atoms with Crippen molar-refractivity contribution >= 4 is 36.5 Å². The van der Waals surface area contributed by atoms with Gasteiger partial charge in [0.15, 0.2) is 0 Å². The first-order valence-corrected chi connectivity index (χ1v) is 10.2. The maximum atomic E-state index is 6.15. The maximum Gasteiger partial charge on any atom is 0.128 e. The Labute approximate surface area is 207 Å². The van der Waals surface area contributed by atoms with E-state index in [1.165, 1.54) is 0 Å². The molecule has 0 spiro atoms. The van der Waals surface area contributed by atoms with Crippen LogP contribution in [0.4, 0.5) is 0 Å². The minimum atomic E-state index is 0. The quantitative estimate of drug-likeness (QED) is 0.382. The summed E-state index contributed by atoms with van der Waals surface area (Å²) in [5.74, 6) is 1.67. The van der Waals surface area contributed by atoms with Crippen LogP contribution in [0, 0.1) is 0 Å². The van der Waals surface area contributed by atoms with Crippen molar-refractivity contribution in [2.24, 2.45) is 21.5 Å². The summed E-state index contributed by atoms with van der Waals surface area (Å²) < 4.78 is 7.22. The highest BCUT2D eigenvalue weighted by Crippen LogP contribution is 2.30. The first-order chi connectivity index (χ1) is 14.8. The summed E-state index contributed by atoms with van der Waals surface area (Å²) in [5, 5.41) is 8.61. The highest BCUT2D eigenvalue weighted by atomic mass is 35.5. The van der Waals surface area contributed by atoms with Crippen molar-refractivity contribution in [1.82, 2.24) is 15.0 Å². The molecule has 2 aromatic carbocycles. The molecule has 0 unspecified atom stereocenters. The number of benzene rings is 2. The minimum Gasteiger partial charge on any atom is -0.496 e. The van der Waals surface area contributed by atoms with Crippen LogP contribution in [0.5, 0.6) is 5.75 Å². The monoisotopic (exact) mass is 491 g/mol. The summed E-state index contributed by atoms with van der Waals surface area (Å²) in [5.41, 5.74) is 16.2. The van der Waals surface area contributed by atoms with Gasteiger partial charge >= 0.3 is 0 Å². The molecule has 0 atom stereocenters. The third-order valence-corrected chi connectivity index (χ3v) is 4.49. The molecule has 0 amide bonds. The number of ether oxygens (including phenoxy) is 1. The van der Waals surface area contributed by atoms with Crippen LogP contribution in [0.2, 0.25) is 0 Å². The molecule has 178 valence electrons. The molecule has 4 N–H and O–H groups in total. The lowest BCUT2D eigenvalue weighted by atomic mass is 10.1. The van der Waals surface area contributed by atoms with Gasteiger partial charge in [-0.3, -0.25) is 9.98 Å². The SMILES string of the molecule is COc1ccc(C(N)=NC(C)C)cc1-c1cn(-c2ccc(C(N)=NC(C)C)cc2)nn1.Cl.Cl. The fraction of sp³-hybridized carbons (Fsp3) is 0.304. The summed E-state index contributed by atoms with van der Waals surface area (Å²) >= 11 is 0. The lowest BCUT2D eigenvalue weighted by molar-refractivity contribution is 0.416. The minimum absolute atomic E-state index is 0. The van der Waals surface area contributed by atoms with E-state index in [0.717, 1.165) is 22.4 Å². The van der Waals surface area contributed by atoms with Crippen molar-refractivity contribution in [3.63, 3.8) is 0 Å². The van der Waals surface area contributed by atoms with E-state index in [2.05, 4.69) is 20.3 Å². The van der Waals surface area contributed by atoms with E-state index in [1.807, 2.05) is 76.4 Å². The molecule has 3 aromatic rings. The summed E-state index contributed by atoms with van der Waals surface area (Å²) in [6.07, 6.45) is 1.85. The Morgan fingerprint density at radius 3 is 1.97 bits per heavy atom. The Kier molecular flexibility index (Phi) is 10.3. The van der Waals surface area contributed by atoms with Crippen molar-refractivity contribution in [2.45, 2.75) is 39.8 Å². The second-order valence-corrected chi connectivity index (χ2v) is 7.73. The van der Waals surface area contributed by atoms with E-state index in [4.69, 9.17) is 16.2 Å². The molecule has 0 aliphatic rings. The number of halogens is 2. The van der Waals surface area contributed by atoms with Crippen LogP contribution < -0.4 is 16.2 Å². The highest BCUT2D eigenvalue weighted by Gasteiger charge is 2.13. The normalized spacial score (nSPS) is 11.8. The van der Waals surface area contributed by atoms with Gasteiger partial charge in [-0.15, -0.1) is 29.9 Å². The molecule has 33 heavy (non-hydrogen) atoms. The lowest BCUT2D eigenvalue weighted by Crippen LogP contribution is -2.15. The van der Waals surface area contributed by atoms with Gasteiger partial charge in [0, 0.05) is 28.8 Å². The van der Waals surface area contributed by atoms with Crippen LogP contribution >= 0.6 is 24.8 Å². The summed E-state index contributed by atoms with van der Waals surface area (Å²) in [7, 11) is 1.62. The van der Waals surface area contributed by atoms with Crippen molar-refractivity contribution < 1.29 is 4.74 Å². The summed E-state index contributed by atoms with van der Waals surface area (Å²) in [6.45, 7) is 7.94. The second-order valence-electron chi connectivity index (χ2n) is 7.73. The Balaban J connectivity index is 0.00000272. The van der Waals surface area contributed by atoms with Crippen LogP contribution in [-0.4, -0.2) is 45.9 Å². The summed E-state index contributed by atoms with van der Waals surface area (Å²) in [4.78, 5) is 8.80. The molecule has 0 fully saturated rings. The number of methoxy groups -OCH3 is 1. The zero-order valence-electron chi connectivity index (χ0n) is 19.4. The third kappa shape index (κ3) is 6.94. The first-order valence-electron chi connectivity index (χ1n) is 10.2. The molecule has 1 heterocycles. The van der Waals surface area contributed by atoms with Gasteiger partial charge in [0.2, 0.25) is 0 Å². The Morgan fingerprint density at radius 1 is 0.879 bits per heavy atom. The van der Waals surface area contributed by atoms with Crippen LogP contribution in [-0.2, 0) is 0 Å². The molecule has 0 saturated heterocycles.